The van der Waals surface area contributed by atoms with Gasteiger partial charge in [0, 0.05) is 5.75 Å². The van der Waals surface area contributed by atoms with E-state index in [1.54, 1.807) is 35.7 Å². The standard InChI is InChI=1S/C17H13FN4OS.BrH/c1-23-15-5-3-2-4-13(15)16-19-20-17-22(16)21-14(10-24-17)11-6-8-12(18)9-7-11;/h2-9H,10H2,1H3;1H. The summed E-state index contributed by atoms with van der Waals surface area (Å²) in [7, 11) is 1.62. The highest BCUT2D eigenvalue weighted by atomic mass is 79.9. The first-order chi connectivity index (χ1) is 11.8. The first-order valence-electron chi connectivity index (χ1n) is 7.31. The minimum Gasteiger partial charge on any atom is -0.496 e. The van der Waals surface area contributed by atoms with E-state index >= 15 is 0 Å². The molecular weight excluding hydrogens is 407 g/mol. The Balaban J connectivity index is 0.00000182. The van der Waals surface area contributed by atoms with Crippen molar-refractivity contribution >= 4 is 34.5 Å². The smallest absolute Gasteiger partial charge is 0.212 e. The Hall–Kier alpha value is -2.19. The molecule has 1 aliphatic rings. The van der Waals surface area contributed by atoms with E-state index in [4.69, 9.17) is 4.74 Å². The Labute approximate surface area is 158 Å². The second kappa shape index (κ2) is 7.37. The van der Waals surface area contributed by atoms with Crippen LogP contribution in [0.15, 0.2) is 58.8 Å². The van der Waals surface area contributed by atoms with Gasteiger partial charge in [0.15, 0.2) is 5.82 Å². The molecule has 0 spiro atoms. The molecule has 2 heterocycles. The number of fused-ring (bicyclic) bond motifs is 1. The van der Waals surface area contributed by atoms with Gasteiger partial charge in [-0.15, -0.1) is 27.2 Å². The lowest BCUT2D eigenvalue weighted by Gasteiger charge is -2.14. The van der Waals surface area contributed by atoms with Gasteiger partial charge in [0.05, 0.1) is 18.4 Å². The Morgan fingerprint density at radius 3 is 2.60 bits per heavy atom. The molecule has 0 bridgehead atoms. The number of thioether (sulfide) groups is 1. The summed E-state index contributed by atoms with van der Waals surface area (Å²) in [5.74, 6) is 1.73. The topological polar surface area (TPSA) is 52.3 Å². The van der Waals surface area contributed by atoms with E-state index in [0.717, 1.165) is 22.0 Å². The van der Waals surface area contributed by atoms with Gasteiger partial charge < -0.3 is 4.74 Å². The third kappa shape index (κ3) is 3.32. The molecule has 25 heavy (non-hydrogen) atoms. The predicted octanol–water partition coefficient (Wildman–Crippen LogP) is 4.03. The van der Waals surface area contributed by atoms with Crippen molar-refractivity contribution in [2.45, 2.75) is 5.16 Å². The summed E-state index contributed by atoms with van der Waals surface area (Å²) in [5.41, 5.74) is 2.56. The van der Waals surface area contributed by atoms with Crippen molar-refractivity contribution in [2.24, 2.45) is 5.10 Å². The summed E-state index contributed by atoms with van der Waals surface area (Å²) in [6.45, 7) is 0. The van der Waals surface area contributed by atoms with Crippen molar-refractivity contribution in [3.8, 4) is 17.1 Å². The summed E-state index contributed by atoms with van der Waals surface area (Å²) in [6, 6.07) is 13.9. The van der Waals surface area contributed by atoms with Gasteiger partial charge in [-0.2, -0.15) is 9.78 Å². The number of benzene rings is 2. The van der Waals surface area contributed by atoms with Gasteiger partial charge in [-0.1, -0.05) is 36.0 Å². The van der Waals surface area contributed by atoms with E-state index in [9.17, 15) is 4.39 Å². The van der Waals surface area contributed by atoms with E-state index < -0.39 is 0 Å². The lowest BCUT2D eigenvalue weighted by Crippen LogP contribution is -2.13. The molecule has 0 N–H and O–H groups in total. The molecule has 1 aromatic heterocycles. The van der Waals surface area contributed by atoms with Gasteiger partial charge in [-0.3, -0.25) is 0 Å². The fourth-order valence-electron chi connectivity index (χ4n) is 2.51. The fraction of sp³-hybridized carbons (Fsp3) is 0.118. The summed E-state index contributed by atoms with van der Waals surface area (Å²) in [6.07, 6.45) is 0. The van der Waals surface area contributed by atoms with Crippen LogP contribution in [0.4, 0.5) is 4.39 Å². The van der Waals surface area contributed by atoms with Gasteiger partial charge in [0.1, 0.15) is 11.6 Å². The number of methoxy groups -OCH3 is 1. The zero-order valence-corrected chi connectivity index (χ0v) is 15.7. The normalized spacial score (nSPS) is 12.8. The molecular formula is C17H14BrFN4OS. The van der Waals surface area contributed by atoms with Crippen molar-refractivity contribution in [3.05, 3.63) is 59.9 Å². The van der Waals surface area contributed by atoms with E-state index in [-0.39, 0.29) is 22.8 Å². The minimum atomic E-state index is -0.262. The van der Waals surface area contributed by atoms with E-state index in [0.29, 0.717) is 17.3 Å². The minimum absolute atomic E-state index is 0. The quantitative estimate of drug-likeness (QED) is 0.641. The maximum Gasteiger partial charge on any atom is 0.212 e. The summed E-state index contributed by atoms with van der Waals surface area (Å²) < 4.78 is 20.2. The number of ether oxygens (including phenoxy) is 1. The van der Waals surface area contributed by atoms with Gasteiger partial charge in [-0.25, -0.2) is 4.39 Å². The fourth-order valence-corrected chi connectivity index (χ4v) is 3.35. The maximum absolute atomic E-state index is 13.1. The van der Waals surface area contributed by atoms with Crippen LogP contribution in [0, 0.1) is 5.82 Å². The number of hydrogen-bond acceptors (Lipinski definition) is 5. The SMILES string of the molecule is Br.COc1ccccc1-c1nnc2n1N=C(c1ccc(F)cc1)CS2. The molecule has 4 rings (SSSR count). The van der Waals surface area contributed by atoms with Gasteiger partial charge in [0.2, 0.25) is 5.16 Å². The largest absolute Gasteiger partial charge is 0.496 e. The Morgan fingerprint density at radius 1 is 1.08 bits per heavy atom. The van der Waals surface area contributed by atoms with E-state index in [1.807, 2.05) is 24.3 Å². The molecule has 0 atom stereocenters. The monoisotopic (exact) mass is 420 g/mol. The number of hydrogen-bond donors (Lipinski definition) is 0. The Bertz CT molecular complexity index is 927. The highest BCUT2D eigenvalue weighted by Crippen LogP contribution is 2.32. The van der Waals surface area contributed by atoms with E-state index in [2.05, 4.69) is 15.3 Å². The molecule has 0 amide bonds. The predicted molar refractivity (Wildman–Crippen MR) is 101 cm³/mol. The van der Waals surface area contributed by atoms with Crippen molar-refractivity contribution < 1.29 is 9.13 Å². The van der Waals surface area contributed by atoms with Crippen molar-refractivity contribution in [2.75, 3.05) is 12.9 Å². The molecule has 128 valence electrons. The molecule has 0 aliphatic carbocycles. The Morgan fingerprint density at radius 2 is 1.84 bits per heavy atom. The van der Waals surface area contributed by atoms with Crippen LogP contribution in [-0.2, 0) is 0 Å². The zero-order valence-electron chi connectivity index (χ0n) is 13.2. The van der Waals surface area contributed by atoms with Gasteiger partial charge in [-0.05, 0) is 29.8 Å². The number of nitrogens with zero attached hydrogens (tertiary/aromatic N) is 4. The average molecular weight is 421 g/mol. The number of halogens is 2. The second-order valence-electron chi connectivity index (χ2n) is 5.16. The zero-order chi connectivity index (χ0) is 16.5. The van der Waals surface area contributed by atoms with Crippen molar-refractivity contribution in [1.82, 2.24) is 14.9 Å². The molecule has 0 saturated heterocycles. The van der Waals surface area contributed by atoms with Crippen LogP contribution in [0.5, 0.6) is 5.75 Å². The molecule has 0 radical (unpaired) electrons. The molecule has 3 aromatic rings. The van der Waals surface area contributed by atoms with Crippen molar-refractivity contribution in [3.63, 3.8) is 0 Å². The second-order valence-corrected chi connectivity index (χ2v) is 6.10. The third-order valence-electron chi connectivity index (χ3n) is 3.70. The molecule has 0 saturated carbocycles. The first kappa shape index (κ1) is 17.6. The number of para-hydroxylation sites is 1. The molecule has 0 unspecified atom stereocenters. The average Bonchev–Trinajstić information content (AvgIpc) is 3.05. The van der Waals surface area contributed by atoms with Crippen LogP contribution in [0.25, 0.3) is 11.4 Å². The van der Waals surface area contributed by atoms with E-state index in [1.165, 1.54) is 12.1 Å². The lowest BCUT2D eigenvalue weighted by molar-refractivity contribution is 0.416. The molecule has 8 heteroatoms. The first-order valence-corrected chi connectivity index (χ1v) is 8.30. The third-order valence-corrected chi connectivity index (χ3v) is 4.63. The van der Waals surface area contributed by atoms with Crippen LogP contribution < -0.4 is 4.74 Å². The lowest BCUT2D eigenvalue weighted by atomic mass is 10.1. The van der Waals surface area contributed by atoms with Gasteiger partial charge in [0.25, 0.3) is 0 Å². The molecule has 0 fully saturated rings. The maximum atomic E-state index is 13.1. The molecule has 1 aliphatic heterocycles. The molecule has 2 aromatic carbocycles. The Kier molecular flexibility index (Phi) is 5.19. The number of aromatic nitrogens is 3. The summed E-state index contributed by atoms with van der Waals surface area (Å²) >= 11 is 1.55. The molecule has 5 nitrogen and oxygen atoms in total. The van der Waals surface area contributed by atoms with Crippen LogP contribution >= 0.6 is 28.7 Å². The van der Waals surface area contributed by atoms with Crippen LogP contribution in [-0.4, -0.2) is 33.4 Å². The van der Waals surface area contributed by atoms with Crippen LogP contribution in [0.2, 0.25) is 0 Å². The highest BCUT2D eigenvalue weighted by molar-refractivity contribution is 8.93. The van der Waals surface area contributed by atoms with Crippen LogP contribution in [0.3, 0.4) is 0 Å². The van der Waals surface area contributed by atoms with Crippen LogP contribution in [0.1, 0.15) is 5.56 Å². The summed E-state index contributed by atoms with van der Waals surface area (Å²) in [4.78, 5) is 0. The van der Waals surface area contributed by atoms with Gasteiger partial charge >= 0.3 is 0 Å². The highest BCUT2D eigenvalue weighted by Gasteiger charge is 2.22. The van der Waals surface area contributed by atoms with Crippen molar-refractivity contribution in [1.29, 1.82) is 0 Å². The summed E-state index contributed by atoms with van der Waals surface area (Å²) in [5, 5.41) is 13.9. The number of rotatable bonds is 3.